The van der Waals surface area contributed by atoms with Crippen LogP contribution in [0.25, 0.3) is 0 Å². The number of hydrogen-bond acceptors (Lipinski definition) is 6. The molecule has 6 nitrogen and oxygen atoms in total. The van der Waals surface area contributed by atoms with Crippen LogP contribution in [0, 0.1) is 0 Å². The van der Waals surface area contributed by atoms with Gasteiger partial charge in [-0.25, -0.2) is 4.21 Å². The Morgan fingerprint density at radius 3 is 2.65 bits per heavy atom. The SMILES string of the molecule is CNc1cnnc(N=S(C)(=O)C2CCNCC2)c1.Cl.Cl. The first-order valence-electron chi connectivity index (χ1n) is 6.04. The van der Waals surface area contributed by atoms with E-state index in [1.54, 1.807) is 25.6 Å². The molecule has 1 aliphatic heterocycles. The molecule has 0 saturated carbocycles. The zero-order chi connectivity index (χ0) is 13.0. The zero-order valence-corrected chi connectivity index (χ0v) is 14.0. The molecule has 0 amide bonds. The Balaban J connectivity index is 0.00000180. The third-order valence-corrected chi connectivity index (χ3v) is 5.37. The normalized spacial score (nSPS) is 18.1. The van der Waals surface area contributed by atoms with E-state index in [0.29, 0.717) is 5.82 Å². The Kier molecular flexibility index (Phi) is 8.34. The molecule has 9 heteroatoms. The molecule has 1 unspecified atom stereocenters. The summed E-state index contributed by atoms with van der Waals surface area (Å²) in [5, 5.41) is 14.1. The van der Waals surface area contributed by atoms with Gasteiger partial charge in [-0.2, -0.15) is 9.46 Å². The molecule has 1 saturated heterocycles. The highest BCUT2D eigenvalue weighted by Gasteiger charge is 2.21. The molecule has 2 N–H and O–H groups in total. The van der Waals surface area contributed by atoms with Crippen molar-refractivity contribution in [1.29, 1.82) is 0 Å². The summed E-state index contributed by atoms with van der Waals surface area (Å²) in [5.41, 5.74) is 0.823. The second-order valence-corrected chi connectivity index (χ2v) is 7.03. The summed E-state index contributed by atoms with van der Waals surface area (Å²) in [7, 11) is -0.454. The molecule has 2 heterocycles. The van der Waals surface area contributed by atoms with Crippen molar-refractivity contribution in [2.75, 3.05) is 31.7 Å². The number of piperidine rings is 1. The van der Waals surface area contributed by atoms with Crippen LogP contribution in [0.1, 0.15) is 12.8 Å². The zero-order valence-electron chi connectivity index (χ0n) is 11.5. The molecule has 1 atom stereocenters. The first-order valence-corrected chi connectivity index (χ1v) is 8.02. The van der Waals surface area contributed by atoms with Gasteiger partial charge in [0.15, 0.2) is 5.82 Å². The van der Waals surface area contributed by atoms with Gasteiger partial charge in [-0.3, -0.25) is 0 Å². The highest BCUT2D eigenvalue weighted by molar-refractivity contribution is 7.93. The van der Waals surface area contributed by atoms with Crippen molar-refractivity contribution in [3.63, 3.8) is 0 Å². The van der Waals surface area contributed by atoms with Crippen molar-refractivity contribution in [2.45, 2.75) is 18.1 Å². The molecule has 2 rings (SSSR count). The lowest BCUT2D eigenvalue weighted by Gasteiger charge is -2.23. The molecule has 1 fully saturated rings. The summed E-state index contributed by atoms with van der Waals surface area (Å²) >= 11 is 0. The van der Waals surface area contributed by atoms with Crippen LogP contribution in [0.3, 0.4) is 0 Å². The van der Waals surface area contributed by atoms with Crippen LogP contribution in [-0.2, 0) is 9.73 Å². The maximum absolute atomic E-state index is 12.6. The molecule has 0 aliphatic carbocycles. The monoisotopic (exact) mass is 341 g/mol. The topological polar surface area (TPSA) is 79.3 Å². The van der Waals surface area contributed by atoms with Crippen LogP contribution in [0.4, 0.5) is 11.5 Å². The van der Waals surface area contributed by atoms with Gasteiger partial charge in [0.05, 0.1) is 21.6 Å². The number of nitrogens with zero attached hydrogens (tertiary/aromatic N) is 3. The minimum atomic E-state index is -2.26. The van der Waals surface area contributed by atoms with E-state index in [-0.39, 0.29) is 30.1 Å². The fraction of sp³-hybridized carbons (Fsp3) is 0.636. The fourth-order valence-corrected chi connectivity index (χ4v) is 3.75. The summed E-state index contributed by atoms with van der Waals surface area (Å²) in [5.74, 6) is 0.438. The Bertz CT molecular complexity index is 527. The Labute approximate surface area is 132 Å². The summed E-state index contributed by atoms with van der Waals surface area (Å²) in [4.78, 5) is 0. The van der Waals surface area contributed by atoms with Gasteiger partial charge in [0.2, 0.25) is 0 Å². The van der Waals surface area contributed by atoms with Gasteiger partial charge in [0.1, 0.15) is 0 Å². The molecular formula is C11H21Cl2N5OS. The van der Waals surface area contributed by atoms with E-state index in [1.807, 2.05) is 0 Å². The third-order valence-electron chi connectivity index (χ3n) is 3.11. The van der Waals surface area contributed by atoms with E-state index in [0.717, 1.165) is 31.6 Å². The molecule has 1 aromatic heterocycles. The van der Waals surface area contributed by atoms with Crippen LogP contribution >= 0.6 is 24.8 Å². The largest absolute Gasteiger partial charge is 0.387 e. The van der Waals surface area contributed by atoms with Crippen LogP contribution in [-0.4, -0.2) is 46.0 Å². The molecule has 20 heavy (non-hydrogen) atoms. The van der Waals surface area contributed by atoms with Gasteiger partial charge in [-0.1, -0.05) is 0 Å². The molecule has 116 valence electrons. The van der Waals surface area contributed by atoms with Crippen molar-refractivity contribution in [3.8, 4) is 0 Å². The number of rotatable bonds is 3. The Hall–Kier alpha value is -0.630. The van der Waals surface area contributed by atoms with Crippen LogP contribution in [0.5, 0.6) is 0 Å². The summed E-state index contributed by atoms with van der Waals surface area (Å²) in [6.45, 7) is 1.82. The van der Waals surface area contributed by atoms with Crippen molar-refractivity contribution >= 4 is 46.0 Å². The van der Waals surface area contributed by atoms with Crippen LogP contribution < -0.4 is 10.6 Å². The number of hydrogen-bond donors (Lipinski definition) is 2. The van der Waals surface area contributed by atoms with Crippen molar-refractivity contribution in [3.05, 3.63) is 12.3 Å². The fourth-order valence-electron chi connectivity index (χ4n) is 2.03. The van der Waals surface area contributed by atoms with E-state index in [4.69, 9.17) is 0 Å². The van der Waals surface area contributed by atoms with Crippen LogP contribution in [0.2, 0.25) is 0 Å². The molecule has 1 aliphatic rings. The van der Waals surface area contributed by atoms with E-state index in [9.17, 15) is 4.21 Å². The predicted molar refractivity (Wildman–Crippen MR) is 88.1 cm³/mol. The Morgan fingerprint density at radius 1 is 1.40 bits per heavy atom. The van der Waals surface area contributed by atoms with Gasteiger partial charge in [-0.15, -0.1) is 29.9 Å². The minimum Gasteiger partial charge on any atom is -0.387 e. The molecule has 0 radical (unpaired) electrons. The third kappa shape index (κ3) is 5.05. The van der Waals surface area contributed by atoms with Gasteiger partial charge in [0.25, 0.3) is 0 Å². The van der Waals surface area contributed by atoms with E-state index >= 15 is 0 Å². The van der Waals surface area contributed by atoms with E-state index in [2.05, 4.69) is 25.2 Å². The van der Waals surface area contributed by atoms with Crippen molar-refractivity contribution < 1.29 is 4.21 Å². The van der Waals surface area contributed by atoms with Gasteiger partial charge < -0.3 is 10.6 Å². The van der Waals surface area contributed by atoms with E-state index < -0.39 is 9.73 Å². The first-order chi connectivity index (χ1) is 8.62. The maximum atomic E-state index is 12.6. The van der Waals surface area contributed by atoms with Crippen LogP contribution in [0.15, 0.2) is 16.6 Å². The van der Waals surface area contributed by atoms with Crippen molar-refractivity contribution in [2.24, 2.45) is 4.36 Å². The molecule has 0 spiro atoms. The number of halogens is 2. The average Bonchev–Trinajstić information content (AvgIpc) is 2.39. The molecule has 0 aromatic carbocycles. The smallest absolute Gasteiger partial charge is 0.185 e. The average molecular weight is 342 g/mol. The van der Waals surface area contributed by atoms with Crippen molar-refractivity contribution in [1.82, 2.24) is 15.5 Å². The summed E-state index contributed by atoms with van der Waals surface area (Å²) in [6.07, 6.45) is 5.13. The lowest BCUT2D eigenvalue weighted by molar-refractivity contribution is 0.518. The molecule has 0 bridgehead atoms. The second kappa shape index (κ2) is 8.61. The number of aromatic nitrogens is 2. The second-order valence-electron chi connectivity index (χ2n) is 4.45. The van der Waals surface area contributed by atoms with Gasteiger partial charge in [-0.05, 0) is 25.9 Å². The number of nitrogens with one attached hydrogen (secondary N) is 2. The lowest BCUT2D eigenvalue weighted by atomic mass is 10.2. The summed E-state index contributed by atoms with van der Waals surface area (Å²) in [6, 6.07) is 1.76. The quantitative estimate of drug-likeness (QED) is 0.876. The minimum absolute atomic E-state index is 0. The van der Waals surface area contributed by atoms with Gasteiger partial charge >= 0.3 is 0 Å². The highest BCUT2D eigenvalue weighted by atomic mass is 35.5. The van der Waals surface area contributed by atoms with E-state index in [1.165, 1.54) is 0 Å². The lowest BCUT2D eigenvalue weighted by Crippen LogP contribution is -2.35. The first kappa shape index (κ1) is 19.4. The highest BCUT2D eigenvalue weighted by Crippen LogP contribution is 2.20. The standard InChI is InChI=1S/C11H19N5OS.2ClH/c1-12-9-7-11(15-14-8-9)16-18(2,17)10-3-5-13-6-4-10;;/h7-8,10,13H,3-6H2,1-2H3,(H,12,15);2*1H. The maximum Gasteiger partial charge on any atom is 0.185 e. The van der Waals surface area contributed by atoms with Gasteiger partial charge in [0, 0.05) is 24.6 Å². The molecule has 1 aromatic rings. The summed E-state index contributed by atoms with van der Waals surface area (Å²) < 4.78 is 16.9. The molecular weight excluding hydrogens is 321 g/mol. The number of anilines is 1. The predicted octanol–water partition coefficient (Wildman–Crippen LogP) is 1.84. The Morgan fingerprint density at radius 2 is 2.05 bits per heavy atom.